The summed E-state index contributed by atoms with van der Waals surface area (Å²) in [5, 5.41) is 3.84. The lowest BCUT2D eigenvalue weighted by Gasteiger charge is -2.17. The summed E-state index contributed by atoms with van der Waals surface area (Å²) in [6.07, 6.45) is 1.55. The largest absolute Gasteiger partial charge is 0.328 e. The summed E-state index contributed by atoms with van der Waals surface area (Å²) in [4.78, 5) is 14.3. The maximum Gasteiger partial charge on any atom is 0.225 e. The number of anilines is 1. The predicted molar refractivity (Wildman–Crippen MR) is 87.9 cm³/mol. The highest BCUT2D eigenvalue weighted by atomic mass is 35.5. The van der Waals surface area contributed by atoms with Crippen LogP contribution in [0.1, 0.15) is 19.8 Å². The standard InChI is InChI=1S/C15H21Cl2N3O/c1-10(18)11-4-6-20(9-11)7-5-15(21)19-14-8-12(16)2-3-13(14)17/h2-3,8,10-11H,4-7,9,18H2,1H3,(H,19,21). The number of likely N-dealkylation sites (tertiary alicyclic amines) is 1. The molecule has 4 nitrogen and oxygen atoms in total. The van der Waals surface area contributed by atoms with Crippen LogP contribution in [0.4, 0.5) is 5.69 Å². The van der Waals surface area contributed by atoms with Crippen LogP contribution in [0.2, 0.25) is 10.0 Å². The molecule has 2 atom stereocenters. The van der Waals surface area contributed by atoms with Crippen LogP contribution < -0.4 is 11.1 Å². The third-order valence-electron chi connectivity index (χ3n) is 3.91. The van der Waals surface area contributed by atoms with Gasteiger partial charge in [0.25, 0.3) is 0 Å². The molecule has 0 aromatic heterocycles. The van der Waals surface area contributed by atoms with Crippen molar-refractivity contribution in [2.24, 2.45) is 11.7 Å². The maximum absolute atomic E-state index is 12.0. The van der Waals surface area contributed by atoms with Gasteiger partial charge in [-0.3, -0.25) is 4.79 Å². The van der Waals surface area contributed by atoms with Gasteiger partial charge < -0.3 is 16.0 Å². The molecule has 1 aliphatic heterocycles. The minimum absolute atomic E-state index is 0.0524. The number of rotatable bonds is 5. The van der Waals surface area contributed by atoms with E-state index in [4.69, 9.17) is 28.9 Å². The molecule has 1 fully saturated rings. The number of hydrogen-bond donors (Lipinski definition) is 2. The van der Waals surface area contributed by atoms with Crippen LogP contribution in [0.25, 0.3) is 0 Å². The molecule has 1 amide bonds. The molecule has 1 aromatic rings. The summed E-state index contributed by atoms with van der Waals surface area (Å²) in [5.41, 5.74) is 6.48. The number of benzene rings is 1. The molecule has 3 N–H and O–H groups in total. The Kier molecular flexibility index (Phi) is 5.88. The highest BCUT2D eigenvalue weighted by molar-refractivity contribution is 6.35. The minimum Gasteiger partial charge on any atom is -0.328 e. The summed E-state index contributed by atoms with van der Waals surface area (Å²) in [6, 6.07) is 5.24. The van der Waals surface area contributed by atoms with Crippen molar-refractivity contribution in [2.45, 2.75) is 25.8 Å². The maximum atomic E-state index is 12.0. The zero-order valence-corrected chi connectivity index (χ0v) is 13.6. The molecule has 1 aliphatic rings. The van der Waals surface area contributed by atoms with Crippen LogP contribution in [-0.2, 0) is 4.79 Å². The Morgan fingerprint density at radius 2 is 2.29 bits per heavy atom. The Hall–Kier alpha value is -0.810. The second-order valence-electron chi connectivity index (χ2n) is 5.63. The van der Waals surface area contributed by atoms with Gasteiger partial charge in [0.05, 0.1) is 10.7 Å². The van der Waals surface area contributed by atoms with E-state index in [1.807, 2.05) is 6.92 Å². The molecule has 116 valence electrons. The van der Waals surface area contributed by atoms with Gasteiger partial charge in [-0.25, -0.2) is 0 Å². The lowest BCUT2D eigenvalue weighted by atomic mass is 10.0. The summed E-state index contributed by atoms with van der Waals surface area (Å²) < 4.78 is 0. The smallest absolute Gasteiger partial charge is 0.225 e. The van der Waals surface area contributed by atoms with Gasteiger partial charge in [0.15, 0.2) is 0 Å². The van der Waals surface area contributed by atoms with Gasteiger partial charge in [-0.05, 0) is 44.0 Å². The van der Waals surface area contributed by atoms with Gasteiger partial charge in [0, 0.05) is 30.6 Å². The first kappa shape index (κ1) is 16.6. The van der Waals surface area contributed by atoms with Crippen LogP contribution >= 0.6 is 23.2 Å². The fourth-order valence-corrected chi connectivity index (χ4v) is 2.90. The fraction of sp³-hybridized carbons (Fsp3) is 0.533. The van der Waals surface area contributed by atoms with E-state index in [-0.39, 0.29) is 11.9 Å². The Morgan fingerprint density at radius 3 is 2.95 bits per heavy atom. The second-order valence-corrected chi connectivity index (χ2v) is 6.47. The monoisotopic (exact) mass is 329 g/mol. The first-order valence-corrected chi connectivity index (χ1v) is 7.94. The number of carbonyl (C=O) groups excluding carboxylic acids is 1. The van der Waals surface area contributed by atoms with Crippen molar-refractivity contribution in [3.05, 3.63) is 28.2 Å². The van der Waals surface area contributed by atoms with Gasteiger partial charge in [0.2, 0.25) is 5.91 Å². The molecule has 6 heteroatoms. The van der Waals surface area contributed by atoms with Gasteiger partial charge >= 0.3 is 0 Å². The molecule has 1 aromatic carbocycles. The molecule has 1 saturated heterocycles. The third-order valence-corrected chi connectivity index (χ3v) is 4.47. The Labute approximate surface area is 135 Å². The van der Waals surface area contributed by atoms with E-state index < -0.39 is 0 Å². The molecule has 0 radical (unpaired) electrons. The summed E-state index contributed by atoms with van der Waals surface area (Å²) in [5.74, 6) is 0.485. The fourth-order valence-electron chi connectivity index (χ4n) is 2.56. The van der Waals surface area contributed by atoms with Gasteiger partial charge in [0.1, 0.15) is 0 Å². The number of carbonyl (C=O) groups is 1. The number of nitrogens with two attached hydrogens (primary N) is 1. The number of hydrogen-bond acceptors (Lipinski definition) is 3. The number of nitrogens with zero attached hydrogens (tertiary/aromatic N) is 1. The molecule has 2 rings (SSSR count). The van der Waals surface area contributed by atoms with Gasteiger partial charge in [-0.15, -0.1) is 0 Å². The van der Waals surface area contributed by atoms with Crippen LogP contribution in [0, 0.1) is 5.92 Å². The van der Waals surface area contributed by atoms with E-state index in [0.717, 1.165) is 26.1 Å². The van der Waals surface area contributed by atoms with Crippen molar-refractivity contribution in [1.82, 2.24) is 4.90 Å². The molecule has 0 aliphatic carbocycles. The topological polar surface area (TPSA) is 58.4 Å². The normalized spacial score (nSPS) is 20.5. The Bertz CT molecular complexity index is 508. The molecule has 2 unspecified atom stereocenters. The quantitative estimate of drug-likeness (QED) is 0.873. The molecular weight excluding hydrogens is 309 g/mol. The summed E-state index contributed by atoms with van der Waals surface area (Å²) in [7, 11) is 0. The summed E-state index contributed by atoms with van der Waals surface area (Å²) in [6.45, 7) is 4.77. The molecule has 0 saturated carbocycles. The molecule has 1 heterocycles. The SMILES string of the molecule is CC(N)C1CCN(CCC(=O)Nc2cc(Cl)ccc2Cl)C1. The lowest BCUT2D eigenvalue weighted by molar-refractivity contribution is -0.116. The van der Waals surface area contributed by atoms with Crippen molar-refractivity contribution >= 4 is 34.8 Å². The number of halogens is 2. The second kappa shape index (κ2) is 7.45. The minimum atomic E-state index is -0.0524. The van der Waals surface area contributed by atoms with E-state index in [1.54, 1.807) is 18.2 Å². The van der Waals surface area contributed by atoms with Crippen molar-refractivity contribution in [1.29, 1.82) is 0 Å². The van der Waals surface area contributed by atoms with Crippen molar-refractivity contribution < 1.29 is 4.79 Å². The van der Waals surface area contributed by atoms with E-state index in [9.17, 15) is 4.79 Å². The Morgan fingerprint density at radius 1 is 1.52 bits per heavy atom. The lowest BCUT2D eigenvalue weighted by Crippen LogP contribution is -2.31. The van der Waals surface area contributed by atoms with E-state index in [0.29, 0.717) is 28.1 Å². The van der Waals surface area contributed by atoms with Crippen molar-refractivity contribution in [3.8, 4) is 0 Å². The average Bonchev–Trinajstić information content (AvgIpc) is 2.90. The molecule has 21 heavy (non-hydrogen) atoms. The average molecular weight is 330 g/mol. The van der Waals surface area contributed by atoms with Crippen LogP contribution in [0.5, 0.6) is 0 Å². The van der Waals surface area contributed by atoms with Crippen molar-refractivity contribution in [3.63, 3.8) is 0 Å². The van der Waals surface area contributed by atoms with E-state index in [2.05, 4.69) is 10.2 Å². The highest BCUT2D eigenvalue weighted by Gasteiger charge is 2.25. The predicted octanol–water partition coefficient (Wildman–Crippen LogP) is 2.99. The highest BCUT2D eigenvalue weighted by Crippen LogP contribution is 2.25. The first-order chi connectivity index (χ1) is 9.95. The summed E-state index contributed by atoms with van der Waals surface area (Å²) >= 11 is 11.9. The van der Waals surface area contributed by atoms with Gasteiger partial charge in [-0.2, -0.15) is 0 Å². The molecular formula is C15H21Cl2N3O. The van der Waals surface area contributed by atoms with Crippen LogP contribution in [-0.4, -0.2) is 36.5 Å². The first-order valence-electron chi connectivity index (χ1n) is 7.18. The van der Waals surface area contributed by atoms with Crippen molar-refractivity contribution in [2.75, 3.05) is 25.0 Å². The van der Waals surface area contributed by atoms with Crippen LogP contribution in [0.15, 0.2) is 18.2 Å². The third kappa shape index (κ3) is 4.85. The Balaban J connectivity index is 1.79. The zero-order valence-electron chi connectivity index (χ0n) is 12.1. The van der Waals surface area contributed by atoms with Crippen LogP contribution in [0.3, 0.4) is 0 Å². The van der Waals surface area contributed by atoms with Gasteiger partial charge in [-0.1, -0.05) is 23.2 Å². The molecule has 0 spiro atoms. The number of amides is 1. The zero-order chi connectivity index (χ0) is 15.4. The molecule has 0 bridgehead atoms. The number of nitrogens with one attached hydrogen (secondary N) is 1. The van der Waals surface area contributed by atoms with E-state index in [1.165, 1.54) is 0 Å². The van der Waals surface area contributed by atoms with E-state index >= 15 is 0 Å².